The molecule has 2 fully saturated rings. The van der Waals surface area contributed by atoms with E-state index >= 15 is 0 Å². The van der Waals surface area contributed by atoms with Crippen molar-refractivity contribution in [2.75, 3.05) is 0 Å². The largest absolute Gasteiger partial charge is 0.337 e. The Morgan fingerprint density at radius 1 is 1.26 bits per heavy atom. The van der Waals surface area contributed by atoms with Crippen molar-refractivity contribution in [1.29, 1.82) is 0 Å². The maximum absolute atomic E-state index is 12.9. The van der Waals surface area contributed by atoms with Gasteiger partial charge in [0.25, 0.3) is 0 Å². The Labute approximate surface area is 117 Å². The summed E-state index contributed by atoms with van der Waals surface area (Å²) in [7, 11) is 0. The lowest BCUT2D eigenvalue weighted by Gasteiger charge is -2.37. The summed E-state index contributed by atoms with van der Waals surface area (Å²) < 4.78 is 0. The summed E-state index contributed by atoms with van der Waals surface area (Å²) in [5.74, 6) is 1.17. The first-order valence-corrected chi connectivity index (χ1v) is 8.12. The molecular formula is C16H30N2O. The van der Waals surface area contributed by atoms with E-state index in [9.17, 15) is 4.79 Å². The molecule has 1 amide bonds. The number of rotatable bonds is 5. The van der Waals surface area contributed by atoms with E-state index in [4.69, 9.17) is 5.73 Å². The van der Waals surface area contributed by atoms with Gasteiger partial charge >= 0.3 is 0 Å². The first kappa shape index (κ1) is 14.8. The molecule has 0 radical (unpaired) electrons. The van der Waals surface area contributed by atoms with E-state index in [1.165, 1.54) is 12.8 Å². The molecule has 0 saturated heterocycles. The van der Waals surface area contributed by atoms with E-state index < -0.39 is 0 Å². The van der Waals surface area contributed by atoms with E-state index in [-0.39, 0.29) is 12.0 Å². The van der Waals surface area contributed by atoms with Crippen LogP contribution in [0, 0.1) is 11.8 Å². The van der Waals surface area contributed by atoms with Crippen molar-refractivity contribution in [3.05, 3.63) is 0 Å². The molecule has 0 aromatic rings. The predicted molar refractivity (Wildman–Crippen MR) is 78.7 cm³/mol. The molecule has 3 heteroatoms. The van der Waals surface area contributed by atoms with Crippen molar-refractivity contribution in [2.24, 2.45) is 17.6 Å². The molecule has 4 atom stereocenters. The average Bonchev–Trinajstić information content (AvgIpc) is 3.22. The molecule has 2 saturated carbocycles. The third-order valence-corrected chi connectivity index (χ3v) is 5.16. The van der Waals surface area contributed by atoms with Gasteiger partial charge in [-0.25, -0.2) is 0 Å². The Morgan fingerprint density at radius 2 is 1.95 bits per heavy atom. The van der Waals surface area contributed by atoms with Gasteiger partial charge in [-0.2, -0.15) is 0 Å². The topological polar surface area (TPSA) is 46.3 Å². The van der Waals surface area contributed by atoms with Gasteiger partial charge in [-0.3, -0.25) is 4.79 Å². The number of nitrogens with zero attached hydrogens (tertiary/aromatic N) is 1. The Hall–Kier alpha value is -0.570. The van der Waals surface area contributed by atoms with Crippen LogP contribution in [0.15, 0.2) is 0 Å². The molecule has 0 aromatic heterocycles. The number of carbonyl (C=O) groups is 1. The number of amides is 1. The Kier molecular flexibility index (Phi) is 4.88. The standard InChI is InChI=1S/C16H30N2O/c1-4-11(2)12(3)18(15-8-9-15)16(19)13-6-5-7-14(17)10-13/h11-15H,4-10,17H2,1-3H3. The average molecular weight is 266 g/mol. The first-order chi connectivity index (χ1) is 9.04. The zero-order chi connectivity index (χ0) is 14.0. The van der Waals surface area contributed by atoms with Gasteiger partial charge in [-0.1, -0.05) is 26.7 Å². The second-order valence-electron chi connectivity index (χ2n) is 6.73. The highest BCUT2D eigenvalue weighted by Crippen LogP contribution is 2.35. The first-order valence-electron chi connectivity index (χ1n) is 8.12. The van der Waals surface area contributed by atoms with Gasteiger partial charge in [-0.05, 0) is 44.9 Å². The number of nitrogens with two attached hydrogens (primary N) is 1. The maximum Gasteiger partial charge on any atom is 0.226 e. The Balaban J connectivity index is 2.03. The second kappa shape index (κ2) is 6.25. The Bertz CT molecular complexity index is 314. The fraction of sp³-hybridized carbons (Fsp3) is 0.938. The summed E-state index contributed by atoms with van der Waals surface area (Å²) in [5.41, 5.74) is 6.05. The van der Waals surface area contributed by atoms with Crippen LogP contribution >= 0.6 is 0 Å². The van der Waals surface area contributed by atoms with E-state index in [1.54, 1.807) is 0 Å². The number of hydrogen-bond donors (Lipinski definition) is 1. The van der Waals surface area contributed by atoms with Crippen LogP contribution in [0.3, 0.4) is 0 Å². The minimum absolute atomic E-state index is 0.191. The van der Waals surface area contributed by atoms with Crippen molar-refractivity contribution in [2.45, 2.75) is 83.8 Å². The minimum atomic E-state index is 0.191. The van der Waals surface area contributed by atoms with Gasteiger partial charge in [0.05, 0.1) is 0 Å². The highest BCUT2D eigenvalue weighted by Gasteiger charge is 2.40. The molecule has 2 aliphatic carbocycles. The third kappa shape index (κ3) is 3.50. The molecule has 2 aliphatic rings. The molecule has 0 spiro atoms. The molecule has 2 rings (SSSR count). The summed E-state index contributed by atoms with van der Waals surface area (Å²) in [6.07, 6.45) is 7.69. The van der Waals surface area contributed by atoms with Gasteiger partial charge < -0.3 is 10.6 Å². The minimum Gasteiger partial charge on any atom is -0.337 e. The third-order valence-electron chi connectivity index (χ3n) is 5.16. The van der Waals surface area contributed by atoms with Crippen molar-refractivity contribution < 1.29 is 4.79 Å². The van der Waals surface area contributed by atoms with Crippen LogP contribution in [0.2, 0.25) is 0 Å². The molecule has 0 bridgehead atoms. The van der Waals surface area contributed by atoms with Gasteiger partial charge in [0, 0.05) is 24.0 Å². The van der Waals surface area contributed by atoms with Crippen LogP contribution in [-0.2, 0) is 4.79 Å². The van der Waals surface area contributed by atoms with Gasteiger partial charge in [0.1, 0.15) is 0 Å². The van der Waals surface area contributed by atoms with Gasteiger partial charge in [-0.15, -0.1) is 0 Å². The van der Waals surface area contributed by atoms with Gasteiger partial charge in [0.2, 0.25) is 5.91 Å². The van der Waals surface area contributed by atoms with Crippen LogP contribution < -0.4 is 5.73 Å². The summed E-state index contributed by atoms with van der Waals surface area (Å²) in [5, 5.41) is 0. The molecule has 4 unspecified atom stereocenters. The van der Waals surface area contributed by atoms with Crippen molar-refractivity contribution in [3.8, 4) is 0 Å². The van der Waals surface area contributed by atoms with E-state index in [0.717, 1.165) is 32.1 Å². The number of hydrogen-bond acceptors (Lipinski definition) is 2. The maximum atomic E-state index is 12.9. The SMILES string of the molecule is CCC(C)C(C)N(C(=O)C1CCCC(N)C1)C1CC1. The molecule has 0 aliphatic heterocycles. The highest BCUT2D eigenvalue weighted by molar-refractivity contribution is 5.80. The summed E-state index contributed by atoms with van der Waals surface area (Å²) in [6, 6.07) is 1.14. The Morgan fingerprint density at radius 3 is 2.47 bits per heavy atom. The van der Waals surface area contributed by atoms with E-state index in [0.29, 0.717) is 23.9 Å². The summed E-state index contributed by atoms with van der Waals surface area (Å²) in [6.45, 7) is 6.71. The number of carbonyl (C=O) groups excluding carboxylic acids is 1. The van der Waals surface area contributed by atoms with Gasteiger partial charge in [0.15, 0.2) is 0 Å². The fourth-order valence-corrected chi connectivity index (χ4v) is 3.34. The molecule has 19 heavy (non-hydrogen) atoms. The van der Waals surface area contributed by atoms with E-state index in [1.807, 2.05) is 0 Å². The van der Waals surface area contributed by atoms with Crippen molar-refractivity contribution in [1.82, 2.24) is 4.90 Å². The summed E-state index contributed by atoms with van der Waals surface area (Å²) >= 11 is 0. The summed E-state index contributed by atoms with van der Waals surface area (Å²) in [4.78, 5) is 15.1. The predicted octanol–water partition coefficient (Wildman–Crippen LogP) is 2.93. The van der Waals surface area contributed by atoms with Crippen molar-refractivity contribution >= 4 is 5.91 Å². The molecule has 3 nitrogen and oxygen atoms in total. The zero-order valence-electron chi connectivity index (χ0n) is 12.8. The molecular weight excluding hydrogens is 236 g/mol. The molecule has 0 aromatic carbocycles. The molecule has 2 N–H and O–H groups in total. The van der Waals surface area contributed by atoms with Crippen LogP contribution in [-0.4, -0.2) is 28.9 Å². The lowest BCUT2D eigenvalue weighted by molar-refractivity contribution is -0.140. The zero-order valence-corrected chi connectivity index (χ0v) is 12.8. The van der Waals surface area contributed by atoms with Crippen molar-refractivity contribution in [3.63, 3.8) is 0 Å². The van der Waals surface area contributed by atoms with E-state index in [2.05, 4.69) is 25.7 Å². The second-order valence-corrected chi connectivity index (χ2v) is 6.73. The van der Waals surface area contributed by atoms with Crippen LogP contribution in [0.25, 0.3) is 0 Å². The van der Waals surface area contributed by atoms with Crippen LogP contribution in [0.5, 0.6) is 0 Å². The smallest absolute Gasteiger partial charge is 0.226 e. The molecule has 110 valence electrons. The monoisotopic (exact) mass is 266 g/mol. The molecule has 0 heterocycles. The normalized spacial score (nSPS) is 30.7. The lowest BCUT2D eigenvalue weighted by atomic mass is 9.84. The van der Waals surface area contributed by atoms with Crippen LogP contribution in [0.1, 0.15) is 65.7 Å². The quantitative estimate of drug-likeness (QED) is 0.831. The fourth-order valence-electron chi connectivity index (χ4n) is 3.34. The highest BCUT2D eigenvalue weighted by atomic mass is 16.2. The van der Waals surface area contributed by atoms with Crippen LogP contribution in [0.4, 0.5) is 0 Å². The lowest BCUT2D eigenvalue weighted by Crippen LogP contribution is -2.48.